The van der Waals surface area contributed by atoms with Crippen LogP contribution in [0.5, 0.6) is 5.75 Å². The summed E-state index contributed by atoms with van der Waals surface area (Å²) in [5, 5.41) is 0. The van der Waals surface area contributed by atoms with E-state index in [0.29, 0.717) is 17.0 Å². The fourth-order valence-electron chi connectivity index (χ4n) is 5.09. The van der Waals surface area contributed by atoms with Gasteiger partial charge in [-0.1, -0.05) is 45.1 Å². The number of imide groups is 1. The lowest BCUT2D eigenvalue weighted by Gasteiger charge is -2.19. The van der Waals surface area contributed by atoms with Gasteiger partial charge in [0.2, 0.25) is 11.8 Å². The van der Waals surface area contributed by atoms with Crippen molar-refractivity contribution in [3.63, 3.8) is 0 Å². The lowest BCUT2D eigenvalue weighted by molar-refractivity contribution is -0.123. The minimum Gasteiger partial charge on any atom is -0.423 e. The highest BCUT2D eigenvalue weighted by Gasteiger charge is 2.59. The first-order valence-corrected chi connectivity index (χ1v) is 10.7. The van der Waals surface area contributed by atoms with Crippen molar-refractivity contribution in [2.45, 2.75) is 32.6 Å². The Kier molecular flexibility index (Phi) is 4.40. The van der Waals surface area contributed by atoms with Crippen LogP contribution < -0.4 is 9.64 Å². The minimum atomic E-state index is -0.478. The summed E-state index contributed by atoms with van der Waals surface area (Å²) in [6.45, 7) is 6.37. The molecule has 0 N–H and O–H groups in total. The van der Waals surface area contributed by atoms with Crippen LogP contribution in [0.4, 0.5) is 5.69 Å². The van der Waals surface area contributed by atoms with Crippen LogP contribution in [0.3, 0.4) is 0 Å². The number of hydrogen-bond donors (Lipinski definition) is 0. The fourth-order valence-corrected chi connectivity index (χ4v) is 5.09. The van der Waals surface area contributed by atoms with Crippen molar-refractivity contribution in [1.82, 2.24) is 0 Å². The van der Waals surface area contributed by atoms with Gasteiger partial charge in [0.15, 0.2) is 0 Å². The zero-order chi connectivity index (χ0) is 21.9. The molecule has 2 fully saturated rings. The average molecular weight is 415 g/mol. The number of nitrogens with zero attached hydrogens (tertiary/aromatic N) is 1. The Morgan fingerprint density at radius 2 is 1.42 bits per heavy atom. The molecule has 3 aliphatic rings. The van der Waals surface area contributed by atoms with Crippen LogP contribution in [0.15, 0.2) is 60.7 Å². The molecule has 2 aromatic rings. The molecule has 1 saturated heterocycles. The molecule has 31 heavy (non-hydrogen) atoms. The van der Waals surface area contributed by atoms with Crippen molar-refractivity contribution in [1.29, 1.82) is 0 Å². The number of carbonyl (C=O) groups is 3. The van der Waals surface area contributed by atoms with Gasteiger partial charge in [0.05, 0.1) is 23.1 Å². The Morgan fingerprint density at radius 1 is 0.871 bits per heavy atom. The van der Waals surface area contributed by atoms with Crippen LogP contribution in [0.1, 0.15) is 43.1 Å². The van der Waals surface area contributed by atoms with Crippen molar-refractivity contribution in [2.24, 2.45) is 23.7 Å². The van der Waals surface area contributed by atoms with E-state index in [0.717, 1.165) is 12.0 Å². The Balaban J connectivity index is 1.30. The van der Waals surface area contributed by atoms with E-state index in [2.05, 4.69) is 32.9 Å². The predicted octanol–water partition coefficient (Wildman–Crippen LogP) is 4.51. The topological polar surface area (TPSA) is 63.7 Å². The van der Waals surface area contributed by atoms with E-state index in [1.165, 1.54) is 4.90 Å². The maximum atomic E-state index is 12.9. The first-order valence-electron chi connectivity index (χ1n) is 10.7. The monoisotopic (exact) mass is 415 g/mol. The Labute approximate surface area is 181 Å². The highest BCUT2D eigenvalue weighted by atomic mass is 16.5. The van der Waals surface area contributed by atoms with Crippen LogP contribution in [0, 0.1) is 23.7 Å². The smallest absolute Gasteiger partial charge is 0.343 e. The molecule has 5 heteroatoms. The molecule has 158 valence electrons. The molecular formula is C26H25NO4. The van der Waals surface area contributed by atoms with Crippen LogP contribution in [-0.2, 0) is 15.0 Å². The van der Waals surface area contributed by atoms with Gasteiger partial charge < -0.3 is 4.74 Å². The molecule has 4 unspecified atom stereocenters. The quantitative estimate of drug-likeness (QED) is 0.320. The third kappa shape index (κ3) is 3.19. The van der Waals surface area contributed by atoms with Gasteiger partial charge in [0.25, 0.3) is 0 Å². The molecule has 2 aromatic carbocycles. The summed E-state index contributed by atoms with van der Waals surface area (Å²) in [6, 6.07) is 14.0. The zero-order valence-corrected chi connectivity index (χ0v) is 17.9. The number of hydrogen-bond acceptors (Lipinski definition) is 4. The van der Waals surface area contributed by atoms with E-state index in [9.17, 15) is 14.4 Å². The normalized spacial score (nSPS) is 26.5. The summed E-state index contributed by atoms with van der Waals surface area (Å²) in [6.07, 6.45) is 5.06. The van der Waals surface area contributed by atoms with Crippen molar-refractivity contribution >= 4 is 23.5 Å². The van der Waals surface area contributed by atoms with Gasteiger partial charge >= 0.3 is 5.97 Å². The summed E-state index contributed by atoms with van der Waals surface area (Å²) in [5.41, 5.74) is 2.06. The van der Waals surface area contributed by atoms with E-state index < -0.39 is 5.97 Å². The molecule has 5 rings (SSSR count). The molecule has 1 saturated carbocycles. The van der Waals surface area contributed by atoms with Gasteiger partial charge in [0, 0.05) is 0 Å². The van der Waals surface area contributed by atoms with Crippen LogP contribution in [0.2, 0.25) is 0 Å². The first kappa shape index (κ1) is 19.7. The average Bonchev–Trinajstić information content (AvgIpc) is 3.42. The Morgan fingerprint density at radius 3 is 1.94 bits per heavy atom. The van der Waals surface area contributed by atoms with E-state index in [-0.39, 0.29) is 40.9 Å². The molecule has 4 atom stereocenters. The van der Waals surface area contributed by atoms with Crippen LogP contribution in [-0.4, -0.2) is 17.8 Å². The van der Waals surface area contributed by atoms with Gasteiger partial charge in [-0.2, -0.15) is 0 Å². The third-order valence-corrected chi connectivity index (χ3v) is 6.76. The number of ether oxygens (including phenoxy) is 1. The Hall–Kier alpha value is -3.21. The number of fused-ring (bicyclic) bond motifs is 5. The number of esters is 1. The maximum absolute atomic E-state index is 12.9. The molecular weight excluding hydrogens is 390 g/mol. The molecule has 0 aromatic heterocycles. The standard InChI is InChI=1S/C26H25NO4/c1-26(2,3)18-8-12-20(13-9-18)31-25(30)15-6-10-19(11-7-15)27-23(28)21-16-4-5-17(14-16)22(21)24(27)29/h4-13,16-17,21-22H,14H2,1-3H3. The van der Waals surface area contributed by atoms with Gasteiger partial charge in [-0.25, -0.2) is 4.79 Å². The summed E-state index contributed by atoms with van der Waals surface area (Å²) in [4.78, 5) is 39.7. The molecule has 1 heterocycles. The van der Waals surface area contributed by atoms with E-state index >= 15 is 0 Å². The Bertz CT molecular complexity index is 1060. The second-order valence-electron chi connectivity index (χ2n) is 9.72. The number of amides is 2. The third-order valence-electron chi connectivity index (χ3n) is 6.76. The van der Waals surface area contributed by atoms with Crippen LogP contribution >= 0.6 is 0 Å². The number of carbonyl (C=O) groups excluding carboxylic acids is 3. The number of rotatable bonds is 3. The van der Waals surface area contributed by atoms with Crippen molar-refractivity contribution < 1.29 is 19.1 Å². The van der Waals surface area contributed by atoms with E-state index in [4.69, 9.17) is 4.74 Å². The van der Waals surface area contributed by atoms with E-state index in [1.807, 2.05) is 12.1 Å². The second-order valence-corrected chi connectivity index (χ2v) is 9.72. The lowest BCUT2D eigenvalue weighted by atomic mass is 9.85. The number of anilines is 1. The summed E-state index contributed by atoms with van der Waals surface area (Å²) in [7, 11) is 0. The first-order chi connectivity index (χ1) is 14.7. The molecule has 1 aliphatic heterocycles. The van der Waals surface area contributed by atoms with Gasteiger partial charge in [0.1, 0.15) is 5.75 Å². The number of allylic oxidation sites excluding steroid dienone is 2. The maximum Gasteiger partial charge on any atom is 0.343 e. The molecule has 0 spiro atoms. The molecule has 2 amide bonds. The highest BCUT2D eigenvalue weighted by molar-refractivity contribution is 6.22. The SMILES string of the molecule is CC(C)(C)c1ccc(OC(=O)c2ccc(N3C(=O)C4C5C=CC(C5)C4C3=O)cc2)cc1. The van der Waals surface area contributed by atoms with Gasteiger partial charge in [-0.15, -0.1) is 0 Å². The minimum absolute atomic E-state index is 0.0247. The van der Waals surface area contributed by atoms with Gasteiger partial charge in [-0.3, -0.25) is 14.5 Å². The molecule has 0 radical (unpaired) electrons. The summed E-state index contributed by atoms with van der Waals surface area (Å²) in [5.74, 6) is -0.365. The molecule has 5 nitrogen and oxygen atoms in total. The largest absolute Gasteiger partial charge is 0.423 e. The van der Waals surface area contributed by atoms with Crippen LogP contribution in [0.25, 0.3) is 0 Å². The summed E-state index contributed by atoms with van der Waals surface area (Å²) < 4.78 is 5.48. The van der Waals surface area contributed by atoms with Gasteiger partial charge in [-0.05, 0) is 65.6 Å². The van der Waals surface area contributed by atoms with Crippen molar-refractivity contribution in [3.05, 3.63) is 71.8 Å². The zero-order valence-electron chi connectivity index (χ0n) is 17.9. The lowest BCUT2D eigenvalue weighted by Crippen LogP contribution is -2.32. The highest BCUT2D eigenvalue weighted by Crippen LogP contribution is 2.53. The summed E-state index contributed by atoms with van der Waals surface area (Å²) >= 11 is 0. The predicted molar refractivity (Wildman–Crippen MR) is 117 cm³/mol. The molecule has 2 bridgehead atoms. The second kappa shape index (κ2) is 6.91. The van der Waals surface area contributed by atoms with Crippen molar-refractivity contribution in [2.75, 3.05) is 4.90 Å². The van der Waals surface area contributed by atoms with Crippen molar-refractivity contribution in [3.8, 4) is 5.75 Å². The number of benzene rings is 2. The fraction of sp³-hybridized carbons (Fsp3) is 0.346. The van der Waals surface area contributed by atoms with E-state index in [1.54, 1.807) is 36.4 Å². The molecule has 2 aliphatic carbocycles.